The van der Waals surface area contributed by atoms with Crippen molar-refractivity contribution in [2.24, 2.45) is 0 Å². The molecule has 0 saturated heterocycles. The Bertz CT molecular complexity index is 522. The average molecular weight is 217 g/mol. The molecule has 1 aromatic heterocycles. The number of hydrogen-bond donors (Lipinski definition) is 1. The summed E-state index contributed by atoms with van der Waals surface area (Å²) in [4.78, 5) is 16.6. The lowest BCUT2D eigenvalue weighted by Gasteiger charge is -2.40. The number of pyridine rings is 1. The number of aromatic nitrogens is 1. The van der Waals surface area contributed by atoms with Gasteiger partial charge in [-0.15, -0.1) is 0 Å². The van der Waals surface area contributed by atoms with E-state index in [1.807, 2.05) is 6.07 Å². The van der Waals surface area contributed by atoms with Gasteiger partial charge >= 0.3 is 0 Å². The van der Waals surface area contributed by atoms with Gasteiger partial charge in [-0.1, -0.05) is 0 Å². The van der Waals surface area contributed by atoms with E-state index in [0.717, 1.165) is 24.2 Å². The highest BCUT2D eigenvalue weighted by Crippen LogP contribution is 2.27. The van der Waals surface area contributed by atoms with Crippen LogP contribution in [0, 0.1) is 11.3 Å². The van der Waals surface area contributed by atoms with Gasteiger partial charge in [-0.2, -0.15) is 5.26 Å². The van der Waals surface area contributed by atoms with Crippen molar-refractivity contribution >= 4 is 0 Å². The molecule has 0 amide bonds. The number of nitrogens with one attached hydrogen (secondary N) is 1. The first-order valence-corrected chi connectivity index (χ1v) is 5.30. The van der Waals surface area contributed by atoms with Gasteiger partial charge in [0.2, 0.25) is 0 Å². The van der Waals surface area contributed by atoms with E-state index >= 15 is 0 Å². The Labute approximate surface area is 94.5 Å². The summed E-state index contributed by atoms with van der Waals surface area (Å²) in [5, 5.41) is 8.80. The predicted molar refractivity (Wildman–Crippen MR) is 61.0 cm³/mol. The molecule has 16 heavy (non-hydrogen) atoms. The summed E-state index contributed by atoms with van der Waals surface area (Å²) < 4.78 is 0. The molecule has 4 heteroatoms. The third kappa shape index (κ3) is 1.63. The number of aromatic amines is 1. The Morgan fingerprint density at radius 1 is 1.56 bits per heavy atom. The average Bonchev–Trinajstić information content (AvgIpc) is 2.19. The van der Waals surface area contributed by atoms with Gasteiger partial charge in [0.05, 0.1) is 0 Å². The van der Waals surface area contributed by atoms with Gasteiger partial charge in [0.25, 0.3) is 5.56 Å². The summed E-state index contributed by atoms with van der Waals surface area (Å²) in [5.74, 6) is 0. The fourth-order valence-corrected chi connectivity index (χ4v) is 2.03. The van der Waals surface area contributed by atoms with Gasteiger partial charge in [0.15, 0.2) is 0 Å². The Morgan fingerprint density at radius 2 is 2.25 bits per heavy atom. The Balaban J connectivity index is 2.54. The van der Waals surface area contributed by atoms with Crippen LogP contribution < -0.4 is 5.56 Å². The highest BCUT2D eigenvalue weighted by molar-refractivity contribution is 5.35. The van der Waals surface area contributed by atoms with Crippen LogP contribution >= 0.6 is 0 Å². The van der Waals surface area contributed by atoms with Crippen molar-refractivity contribution in [1.29, 1.82) is 5.26 Å². The van der Waals surface area contributed by atoms with Crippen molar-refractivity contribution in [3.05, 3.63) is 33.2 Å². The molecule has 0 saturated carbocycles. The van der Waals surface area contributed by atoms with Gasteiger partial charge in [0.1, 0.15) is 11.6 Å². The minimum Gasteiger partial charge on any atom is -0.325 e. The molecule has 0 unspecified atom stereocenters. The molecule has 1 N–H and O–H groups in total. The van der Waals surface area contributed by atoms with Crippen LogP contribution in [0.15, 0.2) is 10.9 Å². The van der Waals surface area contributed by atoms with Crippen LogP contribution in [0.25, 0.3) is 0 Å². The standard InChI is InChI=1S/C12H15N3O/c1-12(2)5-10-9(7-15(12)3)4-8(6-13)11(16)14-10/h4H,5,7H2,1-3H3,(H,14,16). The fourth-order valence-electron chi connectivity index (χ4n) is 2.03. The summed E-state index contributed by atoms with van der Waals surface area (Å²) in [6.07, 6.45) is 0.805. The SMILES string of the molecule is CN1Cc2cc(C#N)c(=O)[nH]c2CC1(C)C. The van der Waals surface area contributed by atoms with E-state index in [2.05, 4.69) is 30.8 Å². The zero-order valence-electron chi connectivity index (χ0n) is 9.79. The number of nitriles is 1. The van der Waals surface area contributed by atoms with Crippen molar-refractivity contribution in [2.75, 3.05) is 7.05 Å². The zero-order chi connectivity index (χ0) is 11.9. The quantitative estimate of drug-likeness (QED) is 0.705. The van der Waals surface area contributed by atoms with Crippen LogP contribution in [-0.4, -0.2) is 22.5 Å². The molecular formula is C12H15N3O. The topological polar surface area (TPSA) is 59.9 Å². The summed E-state index contributed by atoms with van der Waals surface area (Å²) >= 11 is 0. The zero-order valence-corrected chi connectivity index (χ0v) is 9.79. The van der Waals surface area contributed by atoms with E-state index in [-0.39, 0.29) is 16.7 Å². The highest BCUT2D eigenvalue weighted by atomic mass is 16.1. The van der Waals surface area contributed by atoms with Crippen molar-refractivity contribution < 1.29 is 0 Å². The highest BCUT2D eigenvalue weighted by Gasteiger charge is 2.30. The summed E-state index contributed by atoms with van der Waals surface area (Å²) in [7, 11) is 2.06. The van der Waals surface area contributed by atoms with Crippen molar-refractivity contribution in [3.8, 4) is 6.07 Å². The van der Waals surface area contributed by atoms with E-state index in [1.54, 1.807) is 6.07 Å². The number of hydrogen-bond acceptors (Lipinski definition) is 3. The van der Waals surface area contributed by atoms with Gasteiger partial charge in [-0.05, 0) is 32.5 Å². The number of nitrogens with zero attached hydrogens (tertiary/aromatic N) is 2. The fraction of sp³-hybridized carbons (Fsp3) is 0.500. The number of H-pyrrole nitrogens is 1. The monoisotopic (exact) mass is 217 g/mol. The molecule has 0 aliphatic carbocycles. The first-order chi connectivity index (χ1) is 7.44. The van der Waals surface area contributed by atoms with E-state index in [4.69, 9.17) is 5.26 Å². The van der Waals surface area contributed by atoms with Crippen LogP contribution in [0.2, 0.25) is 0 Å². The molecule has 0 bridgehead atoms. The number of rotatable bonds is 0. The largest absolute Gasteiger partial charge is 0.325 e. The second-order valence-corrected chi connectivity index (χ2v) is 4.97. The van der Waals surface area contributed by atoms with Crippen LogP contribution in [0.4, 0.5) is 0 Å². The predicted octanol–water partition coefficient (Wildman–Crippen LogP) is 1.01. The lowest BCUT2D eigenvalue weighted by Crippen LogP contribution is -2.46. The van der Waals surface area contributed by atoms with Gasteiger partial charge < -0.3 is 4.98 Å². The molecule has 0 radical (unpaired) electrons. The maximum Gasteiger partial charge on any atom is 0.266 e. The Morgan fingerprint density at radius 3 is 2.88 bits per heavy atom. The smallest absolute Gasteiger partial charge is 0.266 e. The molecule has 84 valence electrons. The molecule has 2 rings (SSSR count). The summed E-state index contributed by atoms with van der Waals surface area (Å²) in [5.41, 5.74) is 1.99. The van der Waals surface area contributed by atoms with E-state index in [9.17, 15) is 4.79 Å². The minimum absolute atomic E-state index is 0.0457. The first-order valence-electron chi connectivity index (χ1n) is 5.30. The maximum atomic E-state index is 11.5. The lowest BCUT2D eigenvalue weighted by atomic mass is 9.89. The van der Waals surface area contributed by atoms with Crippen LogP contribution in [0.1, 0.15) is 30.7 Å². The molecule has 4 nitrogen and oxygen atoms in total. The molecule has 1 aliphatic heterocycles. The van der Waals surface area contributed by atoms with E-state index < -0.39 is 0 Å². The molecule has 0 atom stereocenters. The van der Waals surface area contributed by atoms with Gasteiger partial charge in [0, 0.05) is 24.2 Å². The number of likely N-dealkylation sites (N-methyl/N-ethyl adjacent to an activating group) is 1. The molecule has 1 aliphatic rings. The third-order valence-electron chi connectivity index (χ3n) is 3.39. The van der Waals surface area contributed by atoms with Gasteiger partial charge in [-0.3, -0.25) is 9.69 Å². The Hall–Kier alpha value is -1.60. The lowest BCUT2D eigenvalue weighted by molar-refractivity contribution is 0.131. The maximum absolute atomic E-state index is 11.5. The minimum atomic E-state index is -0.276. The van der Waals surface area contributed by atoms with Gasteiger partial charge in [-0.25, -0.2) is 0 Å². The molecule has 0 spiro atoms. The summed E-state index contributed by atoms with van der Waals surface area (Å²) in [6.45, 7) is 5.06. The number of fused-ring (bicyclic) bond motifs is 1. The second-order valence-electron chi connectivity index (χ2n) is 4.97. The van der Waals surface area contributed by atoms with E-state index in [0.29, 0.717) is 0 Å². The Kier molecular flexibility index (Phi) is 2.36. The van der Waals surface area contributed by atoms with E-state index in [1.165, 1.54) is 0 Å². The molecule has 1 aromatic rings. The second kappa shape index (κ2) is 3.46. The molecule has 0 aromatic carbocycles. The summed E-state index contributed by atoms with van der Waals surface area (Å²) in [6, 6.07) is 3.63. The van der Waals surface area contributed by atoms with Crippen LogP contribution in [-0.2, 0) is 13.0 Å². The first kappa shape index (κ1) is 10.9. The van der Waals surface area contributed by atoms with Crippen molar-refractivity contribution in [1.82, 2.24) is 9.88 Å². The molecule has 2 heterocycles. The van der Waals surface area contributed by atoms with Crippen molar-refractivity contribution in [2.45, 2.75) is 32.4 Å². The normalized spacial score (nSPS) is 18.9. The van der Waals surface area contributed by atoms with Crippen molar-refractivity contribution in [3.63, 3.8) is 0 Å². The molecule has 0 fully saturated rings. The third-order valence-corrected chi connectivity index (χ3v) is 3.39. The van der Waals surface area contributed by atoms with Crippen LogP contribution in [0.3, 0.4) is 0 Å². The van der Waals surface area contributed by atoms with Crippen LogP contribution in [0.5, 0.6) is 0 Å². The molecular weight excluding hydrogens is 202 g/mol.